The molecule has 1 aliphatic carbocycles. The van der Waals surface area contributed by atoms with Gasteiger partial charge in [-0.15, -0.1) is 0 Å². The molecule has 2 heterocycles. The number of carbonyl (C=O) groups excluding carboxylic acids is 1. The molecule has 0 amide bonds. The van der Waals surface area contributed by atoms with Gasteiger partial charge in [0.05, 0.1) is 21.0 Å². The Morgan fingerprint density at radius 3 is 2.11 bits per heavy atom. The summed E-state index contributed by atoms with van der Waals surface area (Å²) in [4.78, 5) is 14.0. The number of fused-ring (bicyclic) bond motifs is 2. The lowest BCUT2D eigenvalue weighted by molar-refractivity contribution is -0.438. The van der Waals surface area contributed by atoms with Crippen LogP contribution < -0.4 is 9.64 Å². The Morgan fingerprint density at radius 1 is 0.769 bits per heavy atom. The number of anilines is 1. The number of unbranched alkanes of at least 4 members (excludes halogenated alkanes) is 3. The van der Waals surface area contributed by atoms with Crippen LogP contribution in [0.3, 0.4) is 0 Å². The quantitative estimate of drug-likeness (QED) is 0.0586. The minimum atomic E-state index is -4.48. The Balaban J connectivity index is 1.43. The molecule has 6 rings (SSSR count). The summed E-state index contributed by atoms with van der Waals surface area (Å²) in [6, 6.07) is 18.3. The molecule has 0 bridgehead atoms. The van der Waals surface area contributed by atoms with Crippen molar-refractivity contribution in [1.82, 2.24) is 0 Å². The number of ketones is 1. The standard InChI is InChI=1S/C49H60N2O11S3/c1-34(2)44(52)19-8-7-11-30-51-43-27-26-39(65(59,60)61)33-41(43)49(5,6)46(51)29-21-36-16-14-15-35(47(36)62-37-22-24-38(25-23-37)64(56,57)58)20-28-45-48(3,4)40-17-9-10-18-42(40)50(45)31-12-13-32-63(53,54)55/h9-10,17-18,20-29,33-34H,7-8,11-16,19,30-32H2,1-6H3,(H2-,53,54,55,56,57,58,59,60,61)/p+1. The van der Waals surface area contributed by atoms with Crippen molar-refractivity contribution in [2.75, 3.05) is 23.7 Å². The predicted octanol–water partition coefficient (Wildman–Crippen LogP) is 9.69. The van der Waals surface area contributed by atoms with Gasteiger partial charge in [-0.2, -0.15) is 29.8 Å². The number of ether oxygens (including phenoxy) is 1. The van der Waals surface area contributed by atoms with Crippen LogP contribution in [0.2, 0.25) is 0 Å². The number of hydrogen-bond acceptors (Lipinski definition) is 9. The average molecular weight is 950 g/mol. The van der Waals surface area contributed by atoms with Gasteiger partial charge in [-0.25, -0.2) is 0 Å². The van der Waals surface area contributed by atoms with Gasteiger partial charge < -0.3 is 9.64 Å². The first-order chi connectivity index (χ1) is 30.4. The highest BCUT2D eigenvalue weighted by Gasteiger charge is 2.44. The second kappa shape index (κ2) is 19.6. The van der Waals surface area contributed by atoms with Crippen molar-refractivity contribution in [2.45, 2.75) is 120 Å². The van der Waals surface area contributed by atoms with Gasteiger partial charge in [0.15, 0.2) is 5.71 Å². The maximum absolute atomic E-state index is 12.3. The molecule has 65 heavy (non-hydrogen) atoms. The third kappa shape index (κ3) is 11.6. The van der Waals surface area contributed by atoms with E-state index in [1.165, 1.54) is 36.4 Å². The summed E-state index contributed by atoms with van der Waals surface area (Å²) in [6.07, 6.45) is 13.9. The van der Waals surface area contributed by atoms with Crippen molar-refractivity contribution in [3.8, 4) is 5.75 Å². The zero-order valence-electron chi connectivity index (χ0n) is 37.9. The molecule has 13 nitrogen and oxygen atoms in total. The molecule has 0 aromatic heterocycles. The number of Topliss-reactive ketones (excluding diaryl/α,β-unsaturated/α-hetero) is 1. The van der Waals surface area contributed by atoms with E-state index in [2.05, 4.69) is 35.5 Å². The molecule has 350 valence electrons. The van der Waals surface area contributed by atoms with E-state index in [4.69, 9.17) is 4.74 Å². The van der Waals surface area contributed by atoms with Gasteiger partial charge in [-0.3, -0.25) is 18.5 Å². The van der Waals surface area contributed by atoms with E-state index in [1.54, 1.807) is 6.07 Å². The van der Waals surface area contributed by atoms with Crippen LogP contribution in [0, 0.1) is 5.92 Å². The molecule has 3 aromatic carbocycles. The molecule has 3 aliphatic rings. The normalized spacial score (nSPS) is 18.6. The van der Waals surface area contributed by atoms with Crippen LogP contribution in [0.25, 0.3) is 0 Å². The van der Waals surface area contributed by atoms with Crippen LogP contribution in [-0.2, 0) is 46.0 Å². The summed E-state index contributed by atoms with van der Waals surface area (Å²) in [5, 5.41) is 0. The van der Waals surface area contributed by atoms with Crippen molar-refractivity contribution in [1.29, 1.82) is 0 Å². The van der Waals surface area contributed by atoms with E-state index in [1.807, 2.05) is 64.1 Å². The van der Waals surface area contributed by atoms with Crippen LogP contribution in [0.1, 0.15) is 110 Å². The highest BCUT2D eigenvalue weighted by molar-refractivity contribution is 7.86. The van der Waals surface area contributed by atoms with E-state index in [-0.39, 0.29) is 27.2 Å². The molecule has 3 N–H and O–H groups in total. The highest BCUT2D eigenvalue weighted by Crippen LogP contribution is 2.49. The molecule has 2 aliphatic heterocycles. The van der Waals surface area contributed by atoms with Gasteiger partial charge >= 0.3 is 0 Å². The van der Waals surface area contributed by atoms with Crippen LogP contribution in [0.5, 0.6) is 5.75 Å². The predicted molar refractivity (Wildman–Crippen MR) is 253 cm³/mol. The molecule has 3 aromatic rings. The van der Waals surface area contributed by atoms with Crippen LogP contribution >= 0.6 is 0 Å². The Hall–Kier alpha value is -4.71. The van der Waals surface area contributed by atoms with Gasteiger partial charge in [0.1, 0.15) is 23.8 Å². The molecule has 0 atom stereocenters. The second-order valence-corrected chi connectivity index (χ2v) is 22.8. The minimum Gasteiger partial charge on any atom is -0.457 e. The summed E-state index contributed by atoms with van der Waals surface area (Å²) in [5.74, 6) is 0.805. The molecular formula is C49H61N2O11S3+. The van der Waals surface area contributed by atoms with Crippen LogP contribution in [-0.4, -0.2) is 73.8 Å². The fraction of sp³-hybridized carbons (Fsp3) is 0.429. The first-order valence-electron chi connectivity index (χ1n) is 22.1. The number of hydrogen-bond donors (Lipinski definition) is 3. The minimum absolute atomic E-state index is 0.0199. The number of benzene rings is 3. The fourth-order valence-electron chi connectivity index (χ4n) is 9.04. The second-order valence-electron chi connectivity index (χ2n) is 18.4. The molecule has 0 fully saturated rings. The molecule has 16 heteroatoms. The number of allylic oxidation sites excluding steroid dienone is 7. The Morgan fingerprint density at radius 2 is 1.45 bits per heavy atom. The van der Waals surface area contributed by atoms with E-state index in [0.29, 0.717) is 56.7 Å². The van der Waals surface area contributed by atoms with Crippen molar-refractivity contribution in [2.24, 2.45) is 5.92 Å². The van der Waals surface area contributed by atoms with Gasteiger partial charge in [0, 0.05) is 59.8 Å². The number of nitrogens with zero attached hydrogens (tertiary/aromatic N) is 2. The Labute approximate surface area is 384 Å². The van der Waals surface area contributed by atoms with Gasteiger partial charge in [-0.1, -0.05) is 58.4 Å². The van der Waals surface area contributed by atoms with Gasteiger partial charge in [0.25, 0.3) is 30.4 Å². The zero-order chi connectivity index (χ0) is 47.5. The summed E-state index contributed by atoms with van der Waals surface area (Å²) in [6.45, 7) is 13.2. The highest BCUT2D eigenvalue weighted by atomic mass is 32.2. The summed E-state index contributed by atoms with van der Waals surface area (Å²) in [7, 11) is -13.0. The largest absolute Gasteiger partial charge is 0.457 e. The van der Waals surface area contributed by atoms with E-state index >= 15 is 0 Å². The molecule has 0 unspecified atom stereocenters. The van der Waals surface area contributed by atoms with Crippen molar-refractivity contribution < 1.29 is 53.0 Å². The SMILES string of the molecule is CC(C)C(=O)CCCCCN1C(=CC=C2CCCC(C=CC3=[N+](CCCCS(=O)(=O)O)c4ccccc4C3(C)C)=C2Oc2ccc(S(=O)(=O)O)cc2)C(C)(C)c2cc(S(=O)(=O)O)ccc21. The summed E-state index contributed by atoms with van der Waals surface area (Å²) in [5.41, 5.74) is 6.21. The molecular weight excluding hydrogens is 889 g/mol. The third-order valence-electron chi connectivity index (χ3n) is 12.6. The zero-order valence-corrected chi connectivity index (χ0v) is 40.4. The Kier molecular flexibility index (Phi) is 15.0. The smallest absolute Gasteiger partial charge is 0.294 e. The van der Waals surface area contributed by atoms with E-state index < -0.39 is 41.2 Å². The lowest BCUT2D eigenvalue weighted by Crippen LogP contribution is -2.28. The fourth-order valence-corrected chi connectivity index (χ4v) is 10.6. The number of para-hydroxylation sites is 1. The molecule has 0 spiro atoms. The van der Waals surface area contributed by atoms with Crippen LogP contribution in [0.4, 0.5) is 11.4 Å². The molecule has 0 saturated carbocycles. The first-order valence-corrected chi connectivity index (χ1v) is 26.6. The lowest BCUT2D eigenvalue weighted by Gasteiger charge is -2.27. The van der Waals surface area contributed by atoms with Crippen molar-refractivity contribution in [3.63, 3.8) is 0 Å². The molecule has 0 radical (unpaired) electrons. The van der Waals surface area contributed by atoms with E-state index in [0.717, 1.165) is 70.7 Å². The number of rotatable bonds is 19. The van der Waals surface area contributed by atoms with E-state index in [9.17, 15) is 43.7 Å². The maximum Gasteiger partial charge on any atom is 0.294 e. The molecule has 0 saturated heterocycles. The third-order valence-corrected chi connectivity index (χ3v) is 15.2. The van der Waals surface area contributed by atoms with Gasteiger partial charge in [0.2, 0.25) is 5.69 Å². The van der Waals surface area contributed by atoms with Crippen molar-refractivity contribution in [3.05, 3.63) is 125 Å². The van der Waals surface area contributed by atoms with Crippen LogP contribution in [0.15, 0.2) is 123 Å². The summed E-state index contributed by atoms with van der Waals surface area (Å²) < 4.78 is 109. The average Bonchev–Trinajstić information content (AvgIpc) is 3.57. The topological polar surface area (TPSA) is 196 Å². The van der Waals surface area contributed by atoms with Gasteiger partial charge in [-0.05, 0) is 124 Å². The summed E-state index contributed by atoms with van der Waals surface area (Å²) >= 11 is 0. The monoisotopic (exact) mass is 949 g/mol. The first kappa shape index (κ1) is 49.7. The lowest BCUT2D eigenvalue weighted by atomic mass is 9.81. The van der Waals surface area contributed by atoms with Crippen molar-refractivity contribution >= 4 is 53.2 Å². The number of carbonyl (C=O) groups is 1. The maximum atomic E-state index is 12.3. The Bertz CT molecular complexity index is 2820.